The monoisotopic (exact) mass is 352 g/mol. The van der Waals surface area contributed by atoms with Gasteiger partial charge in [0.15, 0.2) is 0 Å². The first kappa shape index (κ1) is 16.1. The Balaban J connectivity index is 1.63. The van der Waals surface area contributed by atoms with Crippen LogP contribution in [0.5, 0.6) is 0 Å². The van der Waals surface area contributed by atoms with Crippen LogP contribution in [0.15, 0.2) is 65.7 Å². The Kier molecular flexibility index (Phi) is 4.40. The first-order valence-corrected chi connectivity index (χ1v) is 9.15. The third kappa shape index (κ3) is 3.82. The molecule has 1 aromatic heterocycles. The van der Waals surface area contributed by atoms with E-state index in [-0.39, 0.29) is 17.8 Å². The van der Waals surface area contributed by atoms with Gasteiger partial charge in [0.2, 0.25) is 5.91 Å². The number of nitrogens with one attached hydrogen (secondary N) is 1. The number of fused-ring (bicyclic) bond motifs is 1. The topological polar surface area (TPSA) is 42.0 Å². The molecule has 1 fully saturated rings. The minimum Gasteiger partial charge on any atom is -0.352 e. The van der Waals surface area contributed by atoms with Crippen LogP contribution in [0.25, 0.3) is 10.9 Å². The summed E-state index contributed by atoms with van der Waals surface area (Å²) in [4.78, 5) is 17.3. The van der Waals surface area contributed by atoms with Gasteiger partial charge in [0, 0.05) is 11.4 Å². The fourth-order valence-corrected chi connectivity index (χ4v) is 3.66. The molecule has 0 aliphatic heterocycles. The van der Waals surface area contributed by atoms with Gasteiger partial charge in [-0.1, -0.05) is 48.2 Å². The molecule has 1 unspecified atom stereocenters. The van der Waals surface area contributed by atoms with Crippen molar-refractivity contribution in [3.05, 3.63) is 72.0 Å². The van der Waals surface area contributed by atoms with E-state index in [2.05, 4.69) is 10.3 Å². The molecule has 1 amide bonds. The molecule has 1 aliphatic carbocycles. The summed E-state index contributed by atoms with van der Waals surface area (Å²) in [7, 11) is 0. The second-order valence-corrected chi connectivity index (χ2v) is 7.30. The third-order valence-corrected chi connectivity index (χ3v) is 5.34. The SMILES string of the molecule is O=C(NC1CC1)C(Sc1ccc2ccccc2n1)c1ccc(F)cc1. The summed E-state index contributed by atoms with van der Waals surface area (Å²) in [5.74, 6) is -0.354. The lowest BCUT2D eigenvalue weighted by Gasteiger charge is -2.16. The van der Waals surface area contributed by atoms with Crippen molar-refractivity contribution >= 4 is 28.6 Å². The van der Waals surface area contributed by atoms with E-state index >= 15 is 0 Å². The molecule has 25 heavy (non-hydrogen) atoms. The van der Waals surface area contributed by atoms with Gasteiger partial charge in [-0.25, -0.2) is 9.37 Å². The molecular formula is C20H17FN2OS. The Morgan fingerprint density at radius 1 is 1.08 bits per heavy atom. The van der Waals surface area contributed by atoms with Crippen molar-refractivity contribution in [2.45, 2.75) is 29.2 Å². The molecule has 1 N–H and O–H groups in total. The van der Waals surface area contributed by atoms with Gasteiger partial charge < -0.3 is 5.32 Å². The molecule has 1 aliphatic rings. The number of thioether (sulfide) groups is 1. The van der Waals surface area contributed by atoms with Crippen LogP contribution in [0.3, 0.4) is 0 Å². The summed E-state index contributed by atoms with van der Waals surface area (Å²) in [5, 5.41) is 4.43. The molecule has 3 aromatic rings. The molecule has 2 aromatic carbocycles. The highest BCUT2D eigenvalue weighted by Crippen LogP contribution is 2.36. The third-order valence-electron chi connectivity index (χ3n) is 4.15. The molecular weight excluding hydrogens is 335 g/mol. The fourth-order valence-electron chi connectivity index (χ4n) is 2.65. The van der Waals surface area contributed by atoms with Crippen LogP contribution in [0.2, 0.25) is 0 Å². The molecule has 1 heterocycles. The maximum Gasteiger partial charge on any atom is 0.238 e. The zero-order valence-corrected chi connectivity index (χ0v) is 14.3. The Bertz CT molecular complexity index is 909. The number of carbonyl (C=O) groups is 1. The lowest BCUT2D eigenvalue weighted by molar-refractivity contribution is -0.120. The van der Waals surface area contributed by atoms with Crippen molar-refractivity contribution in [1.82, 2.24) is 10.3 Å². The maximum absolute atomic E-state index is 13.3. The molecule has 0 spiro atoms. The average molecular weight is 352 g/mol. The molecule has 1 atom stereocenters. The number of hydrogen-bond acceptors (Lipinski definition) is 3. The van der Waals surface area contributed by atoms with Gasteiger partial charge in [-0.15, -0.1) is 0 Å². The number of hydrogen-bond donors (Lipinski definition) is 1. The molecule has 4 rings (SSSR count). The van der Waals surface area contributed by atoms with Crippen LogP contribution in [-0.4, -0.2) is 16.9 Å². The number of amides is 1. The van der Waals surface area contributed by atoms with Crippen LogP contribution >= 0.6 is 11.8 Å². The Labute approximate surface area is 149 Å². The van der Waals surface area contributed by atoms with Crippen molar-refractivity contribution in [1.29, 1.82) is 0 Å². The smallest absolute Gasteiger partial charge is 0.238 e. The van der Waals surface area contributed by atoms with E-state index in [1.54, 1.807) is 12.1 Å². The van der Waals surface area contributed by atoms with Gasteiger partial charge in [0.1, 0.15) is 11.1 Å². The van der Waals surface area contributed by atoms with Crippen LogP contribution in [0.4, 0.5) is 4.39 Å². The summed E-state index contributed by atoms with van der Waals surface area (Å²) >= 11 is 1.39. The van der Waals surface area contributed by atoms with E-state index in [4.69, 9.17) is 0 Å². The lowest BCUT2D eigenvalue weighted by atomic mass is 10.1. The number of rotatable bonds is 5. The number of nitrogens with zero attached hydrogens (tertiary/aromatic N) is 1. The van der Waals surface area contributed by atoms with E-state index in [1.807, 2.05) is 36.4 Å². The van der Waals surface area contributed by atoms with Gasteiger partial charge in [0.25, 0.3) is 0 Å². The Morgan fingerprint density at radius 3 is 2.60 bits per heavy atom. The summed E-state index contributed by atoms with van der Waals surface area (Å²) in [6.45, 7) is 0. The molecule has 3 nitrogen and oxygen atoms in total. The number of benzene rings is 2. The molecule has 0 saturated heterocycles. The van der Waals surface area contributed by atoms with Crippen molar-refractivity contribution in [2.75, 3.05) is 0 Å². The first-order chi connectivity index (χ1) is 12.2. The quantitative estimate of drug-likeness (QED) is 0.688. The van der Waals surface area contributed by atoms with E-state index in [0.717, 1.165) is 34.3 Å². The van der Waals surface area contributed by atoms with Crippen molar-refractivity contribution in [3.8, 4) is 0 Å². The standard InChI is InChI=1S/C20H17FN2OS/c21-15-8-5-14(6-9-15)19(20(24)22-16-10-11-16)25-18-12-7-13-3-1-2-4-17(13)23-18/h1-9,12,16,19H,10-11H2,(H,22,24). The fraction of sp³-hybridized carbons (Fsp3) is 0.200. The number of pyridine rings is 1. The predicted octanol–water partition coefficient (Wildman–Crippen LogP) is 4.49. The number of carbonyl (C=O) groups excluding carboxylic acids is 1. The zero-order valence-electron chi connectivity index (χ0n) is 13.5. The number of halogens is 1. The largest absolute Gasteiger partial charge is 0.352 e. The van der Waals surface area contributed by atoms with Gasteiger partial charge >= 0.3 is 0 Å². The Hall–Kier alpha value is -2.40. The lowest BCUT2D eigenvalue weighted by Crippen LogP contribution is -2.29. The highest BCUT2D eigenvalue weighted by atomic mass is 32.2. The van der Waals surface area contributed by atoms with Gasteiger partial charge in [-0.3, -0.25) is 4.79 Å². The maximum atomic E-state index is 13.3. The molecule has 0 radical (unpaired) electrons. The molecule has 1 saturated carbocycles. The first-order valence-electron chi connectivity index (χ1n) is 8.27. The minimum atomic E-state index is -0.449. The molecule has 126 valence electrons. The van der Waals surface area contributed by atoms with Gasteiger partial charge in [0.05, 0.1) is 10.5 Å². The second-order valence-electron chi connectivity index (χ2n) is 6.17. The molecule has 5 heteroatoms. The van der Waals surface area contributed by atoms with Crippen LogP contribution in [-0.2, 0) is 4.79 Å². The van der Waals surface area contributed by atoms with Gasteiger partial charge in [-0.2, -0.15) is 0 Å². The predicted molar refractivity (Wildman–Crippen MR) is 97.9 cm³/mol. The Morgan fingerprint density at radius 2 is 1.84 bits per heavy atom. The van der Waals surface area contributed by atoms with E-state index in [9.17, 15) is 9.18 Å². The van der Waals surface area contributed by atoms with Crippen molar-refractivity contribution in [2.24, 2.45) is 0 Å². The zero-order chi connectivity index (χ0) is 17.2. The minimum absolute atomic E-state index is 0.0472. The highest BCUT2D eigenvalue weighted by Gasteiger charge is 2.29. The van der Waals surface area contributed by atoms with Crippen LogP contribution < -0.4 is 5.32 Å². The number of para-hydroxylation sites is 1. The normalized spacial score (nSPS) is 15.1. The highest BCUT2D eigenvalue weighted by molar-refractivity contribution is 8.00. The van der Waals surface area contributed by atoms with Crippen LogP contribution in [0, 0.1) is 5.82 Å². The molecule has 0 bridgehead atoms. The average Bonchev–Trinajstić information content (AvgIpc) is 3.44. The summed E-state index contributed by atoms with van der Waals surface area (Å²) in [6, 6.07) is 18.2. The summed E-state index contributed by atoms with van der Waals surface area (Å²) in [5.41, 5.74) is 1.67. The van der Waals surface area contributed by atoms with Crippen molar-refractivity contribution in [3.63, 3.8) is 0 Å². The van der Waals surface area contributed by atoms with Crippen LogP contribution in [0.1, 0.15) is 23.7 Å². The van der Waals surface area contributed by atoms with Crippen molar-refractivity contribution < 1.29 is 9.18 Å². The van der Waals surface area contributed by atoms with E-state index in [1.165, 1.54) is 23.9 Å². The summed E-state index contributed by atoms with van der Waals surface area (Å²) in [6.07, 6.45) is 2.06. The second kappa shape index (κ2) is 6.84. The van der Waals surface area contributed by atoms with Gasteiger partial charge in [-0.05, 0) is 42.7 Å². The summed E-state index contributed by atoms with van der Waals surface area (Å²) < 4.78 is 13.3. The number of aromatic nitrogens is 1. The van der Waals surface area contributed by atoms with E-state index < -0.39 is 5.25 Å². The van der Waals surface area contributed by atoms with E-state index in [0.29, 0.717) is 0 Å².